The predicted molar refractivity (Wildman–Crippen MR) is 58.4 cm³/mol. The summed E-state index contributed by atoms with van der Waals surface area (Å²) in [5.41, 5.74) is 0.550. The van der Waals surface area contributed by atoms with Crippen LogP contribution >= 0.6 is 0 Å². The largest absolute Gasteiger partial charge is 0.374 e. The molecule has 2 nitrogen and oxygen atoms in total. The van der Waals surface area contributed by atoms with E-state index in [2.05, 4.69) is 32.6 Å². The van der Waals surface area contributed by atoms with Gasteiger partial charge in [0.05, 0.1) is 12.2 Å². The second-order valence-electron chi connectivity index (χ2n) is 5.56. The van der Waals surface area contributed by atoms with Gasteiger partial charge >= 0.3 is 0 Å². The molecule has 0 bridgehead atoms. The van der Waals surface area contributed by atoms with Gasteiger partial charge in [0, 0.05) is 24.5 Å². The van der Waals surface area contributed by atoms with Crippen LogP contribution < -0.4 is 0 Å². The predicted octanol–water partition coefficient (Wildman–Crippen LogP) is 2.28. The van der Waals surface area contributed by atoms with Crippen molar-refractivity contribution in [2.75, 3.05) is 13.1 Å². The molecule has 1 aliphatic carbocycles. The second kappa shape index (κ2) is 3.49. The van der Waals surface area contributed by atoms with E-state index in [9.17, 15) is 0 Å². The Hall–Kier alpha value is -0.0800. The third kappa shape index (κ3) is 1.82. The van der Waals surface area contributed by atoms with Crippen molar-refractivity contribution in [3.8, 4) is 0 Å². The maximum atomic E-state index is 6.03. The van der Waals surface area contributed by atoms with Gasteiger partial charge in [0.1, 0.15) is 0 Å². The van der Waals surface area contributed by atoms with E-state index in [-0.39, 0.29) is 0 Å². The van der Waals surface area contributed by atoms with Crippen LogP contribution in [0.25, 0.3) is 0 Å². The fourth-order valence-electron chi connectivity index (χ4n) is 2.53. The summed E-state index contributed by atoms with van der Waals surface area (Å²) in [6.45, 7) is 11.3. The molecule has 0 aromatic heterocycles. The van der Waals surface area contributed by atoms with Crippen LogP contribution in [0.15, 0.2) is 0 Å². The van der Waals surface area contributed by atoms with E-state index in [0.717, 1.165) is 6.54 Å². The van der Waals surface area contributed by atoms with Crippen LogP contribution in [-0.4, -0.2) is 36.2 Å². The first-order valence-electron chi connectivity index (χ1n) is 5.93. The zero-order valence-electron chi connectivity index (χ0n) is 9.92. The van der Waals surface area contributed by atoms with Crippen LogP contribution in [0.3, 0.4) is 0 Å². The molecule has 0 amide bonds. The van der Waals surface area contributed by atoms with Gasteiger partial charge < -0.3 is 4.74 Å². The summed E-state index contributed by atoms with van der Waals surface area (Å²) in [5, 5.41) is 0. The standard InChI is InChI=1S/C12H23NO/c1-9(2)13-7-11(14-10(3)4)12(8-13)5-6-12/h9-11H,5-8H2,1-4H3/t11-/m0/s1. The lowest BCUT2D eigenvalue weighted by atomic mass is 10.0. The minimum absolute atomic E-state index is 0.379. The zero-order chi connectivity index (χ0) is 10.3. The molecule has 1 heterocycles. The van der Waals surface area contributed by atoms with Gasteiger partial charge in [-0.1, -0.05) is 0 Å². The molecule has 1 spiro atoms. The number of hydrogen-bond acceptors (Lipinski definition) is 2. The number of nitrogens with zero attached hydrogens (tertiary/aromatic N) is 1. The van der Waals surface area contributed by atoms with Crippen molar-refractivity contribution in [2.45, 2.75) is 58.8 Å². The molecule has 2 rings (SSSR count). The number of ether oxygens (including phenoxy) is 1. The molecule has 2 heteroatoms. The summed E-state index contributed by atoms with van der Waals surface area (Å²) < 4.78 is 6.03. The van der Waals surface area contributed by atoms with E-state index in [4.69, 9.17) is 4.74 Å². The lowest BCUT2D eigenvalue weighted by molar-refractivity contribution is -0.0148. The minimum Gasteiger partial charge on any atom is -0.374 e. The van der Waals surface area contributed by atoms with Crippen molar-refractivity contribution in [2.24, 2.45) is 5.41 Å². The monoisotopic (exact) mass is 197 g/mol. The van der Waals surface area contributed by atoms with Gasteiger partial charge in [0.2, 0.25) is 0 Å². The van der Waals surface area contributed by atoms with Gasteiger partial charge in [-0.25, -0.2) is 0 Å². The Morgan fingerprint density at radius 3 is 2.29 bits per heavy atom. The third-order valence-corrected chi connectivity index (χ3v) is 3.66. The van der Waals surface area contributed by atoms with Crippen LogP contribution in [0.1, 0.15) is 40.5 Å². The Morgan fingerprint density at radius 1 is 1.21 bits per heavy atom. The highest BCUT2D eigenvalue weighted by Gasteiger charge is 2.56. The fourth-order valence-corrected chi connectivity index (χ4v) is 2.53. The van der Waals surface area contributed by atoms with Crippen LogP contribution in [0, 0.1) is 5.41 Å². The first-order valence-corrected chi connectivity index (χ1v) is 5.93. The van der Waals surface area contributed by atoms with Crippen LogP contribution in [0.2, 0.25) is 0 Å². The molecule has 2 aliphatic rings. The SMILES string of the molecule is CC(C)O[C@H]1CN(C(C)C)CC12CC2. The van der Waals surface area contributed by atoms with Crippen molar-refractivity contribution < 1.29 is 4.74 Å². The maximum Gasteiger partial charge on any atom is 0.0773 e. The molecule has 0 radical (unpaired) electrons. The molecule has 1 saturated heterocycles. The number of likely N-dealkylation sites (tertiary alicyclic amines) is 1. The van der Waals surface area contributed by atoms with E-state index in [1.54, 1.807) is 0 Å². The van der Waals surface area contributed by atoms with Crippen LogP contribution in [0.5, 0.6) is 0 Å². The molecule has 0 aromatic carbocycles. The minimum atomic E-state index is 0.379. The highest BCUT2D eigenvalue weighted by Crippen LogP contribution is 2.54. The average Bonchev–Trinajstić information content (AvgIpc) is 2.72. The average molecular weight is 197 g/mol. The molecule has 0 unspecified atom stereocenters. The molecule has 1 aliphatic heterocycles. The van der Waals surface area contributed by atoms with Gasteiger partial charge in [-0.3, -0.25) is 4.90 Å². The molecular formula is C12H23NO. The Morgan fingerprint density at radius 2 is 1.86 bits per heavy atom. The molecule has 1 saturated carbocycles. The van der Waals surface area contributed by atoms with E-state index in [1.807, 2.05) is 0 Å². The van der Waals surface area contributed by atoms with Crippen molar-refractivity contribution in [1.82, 2.24) is 4.90 Å². The molecule has 82 valence electrons. The quantitative estimate of drug-likeness (QED) is 0.688. The third-order valence-electron chi connectivity index (χ3n) is 3.66. The summed E-state index contributed by atoms with van der Waals surface area (Å²) in [6, 6.07) is 0.674. The second-order valence-corrected chi connectivity index (χ2v) is 5.56. The van der Waals surface area contributed by atoms with Gasteiger partial charge in [-0.05, 0) is 40.5 Å². The van der Waals surface area contributed by atoms with Crippen molar-refractivity contribution in [3.63, 3.8) is 0 Å². The lowest BCUT2D eigenvalue weighted by Crippen LogP contribution is -2.30. The van der Waals surface area contributed by atoms with Gasteiger partial charge in [0.15, 0.2) is 0 Å². The Labute approximate surface area is 87.6 Å². The topological polar surface area (TPSA) is 12.5 Å². The molecule has 0 N–H and O–H groups in total. The van der Waals surface area contributed by atoms with Crippen molar-refractivity contribution >= 4 is 0 Å². The summed E-state index contributed by atoms with van der Waals surface area (Å²) in [7, 11) is 0. The van der Waals surface area contributed by atoms with E-state index >= 15 is 0 Å². The van der Waals surface area contributed by atoms with E-state index in [1.165, 1.54) is 19.4 Å². The smallest absolute Gasteiger partial charge is 0.0773 e. The molecular weight excluding hydrogens is 174 g/mol. The summed E-state index contributed by atoms with van der Waals surface area (Å²) in [4.78, 5) is 2.57. The summed E-state index contributed by atoms with van der Waals surface area (Å²) in [5.74, 6) is 0. The first-order chi connectivity index (χ1) is 6.53. The van der Waals surface area contributed by atoms with Crippen molar-refractivity contribution in [1.29, 1.82) is 0 Å². The number of hydrogen-bond donors (Lipinski definition) is 0. The lowest BCUT2D eigenvalue weighted by Gasteiger charge is -2.21. The number of rotatable bonds is 3. The van der Waals surface area contributed by atoms with Crippen molar-refractivity contribution in [3.05, 3.63) is 0 Å². The Balaban J connectivity index is 1.97. The van der Waals surface area contributed by atoms with Crippen LogP contribution in [0.4, 0.5) is 0 Å². The highest BCUT2D eigenvalue weighted by atomic mass is 16.5. The first kappa shape index (κ1) is 10.4. The van der Waals surface area contributed by atoms with Crippen LogP contribution in [-0.2, 0) is 4.74 Å². The van der Waals surface area contributed by atoms with E-state index < -0.39 is 0 Å². The molecule has 2 fully saturated rings. The Kier molecular flexibility index (Phi) is 2.61. The summed E-state index contributed by atoms with van der Waals surface area (Å²) in [6.07, 6.45) is 3.65. The van der Waals surface area contributed by atoms with Gasteiger partial charge in [-0.15, -0.1) is 0 Å². The zero-order valence-corrected chi connectivity index (χ0v) is 9.92. The summed E-state index contributed by atoms with van der Waals surface area (Å²) >= 11 is 0. The molecule has 1 atom stereocenters. The normalized spacial score (nSPS) is 30.9. The molecule has 14 heavy (non-hydrogen) atoms. The van der Waals surface area contributed by atoms with Gasteiger partial charge in [0.25, 0.3) is 0 Å². The molecule has 0 aromatic rings. The maximum absolute atomic E-state index is 6.03. The van der Waals surface area contributed by atoms with E-state index in [0.29, 0.717) is 23.7 Å². The highest BCUT2D eigenvalue weighted by molar-refractivity contribution is 5.07. The Bertz CT molecular complexity index is 208. The van der Waals surface area contributed by atoms with Gasteiger partial charge in [-0.2, -0.15) is 0 Å². The fraction of sp³-hybridized carbons (Fsp3) is 1.00.